The van der Waals surface area contributed by atoms with Crippen LogP contribution in [0.5, 0.6) is 0 Å². The summed E-state index contributed by atoms with van der Waals surface area (Å²) < 4.78 is 6.64. The van der Waals surface area contributed by atoms with Gasteiger partial charge in [-0.1, -0.05) is 20.8 Å². The van der Waals surface area contributed by atoms with Crippen LogP contribution in [0.4, 0.5) is 0 Å². The van der Waals surface area contributed by atoms with E-state index in [1.165, 1.54) is 32.1 Å². The van der Waals surface area contributed by atoms with E-state index in [1.54, 1.807) is 0 Å². The van der Waals surface area contributed by atoms with Crippen LogP contribution in [0, 0.1) is 23.7 Å². The number of hydrogen-bond donors (Lipinski definition) is 0. The highest BCUT2D eigenvalue weighted by molar-refractivity contribution is 5.11. The first-order valence-corrected chi connectivity index (χ1v) is 7.17. The second-order valence-electron chi connectivity index (χ2n) is 7.19. The topological polar surface area (TPSA) is 9.23 Å². The third-order valence-electron chi connectivity index (χ3n) is 5.94. The van der Waals surface area contributed by atoms with E-state index >= 15 is 0 Å². The first-order chi connectivity index (χ1) is 7.47. The third-order valence-corrected chi connectivity index (χ3v) is 5.94. The molecule has 92 valence electrons. The highest BCUT2D eigenvalue weighted by atomic mass is 16.5. The lowest BCUT2D eigenvalue weighted by molar-refractivity contribution is -0.141. The Labute approximate surface area is 99.9 Å². The van der Waals surface area contributed by atoms with Crippen molar-refractivity contribution in [3.05, 3.63) is 0 Å². The number of ether oxygens (including phenoxy) is 1. The zero-order valence-electron chi connectivity index (χ0n) is 11.3. The van der Waals surface area contributed by atoms with Gasteiger partial charge in [0.05, 0.1) is 11.2 Å². The zero-order valence-corrected chi connectivity index (χ0v) is 11.3. The fraction of sp³-hybridized carbons (Fsp3) is 1.00. The summed E-state index contributed by atoms with van der Waals surface area (Å²) in [6.45, 7) is 9.57. The lowest BCUT2D eigenvalue weighted by Crippen LogP contribution is -2.48. The maximum absolute atomic E-state index is 6.64. The Morgan fingerprint density at radius 1 is 1.19 bits per heavy atom. The molecule has 1 heteroatoms. The predicted molar refractivity (Wildman–Crippen MR) is 66.3 cm³/mol. The molecule has 0 radical (unpaired) electrons. The molecule has 1 heterocycles. The van der Waals surface area contributed by atoms with Gasteiger partial charge in [-0.05, 0) is 62.7 Å². The molecule has 2 saturated carbocycles. The fourth-order valence-electron chi connectivity index (χ4n) is 4.97. The molecule has 0 unspecified atom stereocenters. The lowest BCUT2D eigenvalue weighted by Gasteiger charge is -2.48. The smallest absolute Gasteiger partial charge is 0.0744 e. The molecule has 0 aromatic rings. The van der Waals surface area contributed by atoms with Crippen molar-refractivity contribution in [2.75, 3.05) is 0 Å². The SMILES string of the molecule is CC(C)[C@]12CC[C@H](C)[C@H]3CC[C@](C)(C[C@H]31)O2. The van der Waals surface area contributed by atoms with Crippen molar-refractivity contribution in [3.63, 3.8) is 0 Å². The molecule has 0 aromatic heterocycles. The van der Waals surface area contributed by atoms with Crippen LogP contribution >= 0.6 is 0 Å². The molecular formula is C15H26O. The van der Waals surface area contributed by atoms with Crippen LogP contribution in [-0.2, 0) is 4.74 Å². The molecular weight excluding hydrogens is 196 g/mol. The summed E-state index contributed by atoms with van der Waals surface area (Å²) in [5, 5.41) is 0. The fourth-order valence-corrected chi connectivity index (χ4v) is 4.97. The molecule has 2 aliphatic carbocycles. The van der Waals surface area contributed by atoms with Gasteiger partial charge in [-0.2, -0.15) is 0 Å². The monoisotopic (exact) mass is 222 g/mol. The maximum atomic E-state index is 6.64. The van der Waals surface area contributed by atoms with Gasteiger partial charge in [0.25, 0.3) is 0 Å². The van der Waals surface area contributed by atoms with Crippen LogP contribution < -0.4 is 0 Å². The predicted octanol–water partition coefficient (Wildman–Crippen LogP) is 4.02. The van der Waals surface area contributed by atoms with Gasteiger partial charge in [0, 0.05) is 0 Å². The van der Waals surface area contributed by atoms with Crippen molar-refractivity contribution in [1.29, 1.82) is 0 Å². The molecule has 3 fully saturated rings. The summed E-state index contributed by atoms with van der Waals surface area (Å²) in [5.41, 5.74) is 0.456. The van der Waals surface area contributed by atoms with E-state index in [0.717, 1.165) is 17.8 Å². The molecule has 3 rings (SSSR count). The largest absolute Gasteiger partial charge is 0.368 e. The summed E-state index contributed by atoms with van der Waals surface area (Å²) in [6.07, 6.45) is 6.74. The van der Waals surface area contributed by atoms with Crippen molar-refractivity contribution >= 4 is 0 Å². The van der Waals surface area contributed by atoms with Gasteiger partial charge < -0.3 is 4.74 Å². The van der Waals surface area contributed by atoms with E-state index in [9.17, 15) is 0 Å². The van der Waals surface area contributed by atoms with E-state index in [4.69, 9.17) is 4.74 Å². The van der Waals surface area contributed by atoms with Crippen molar-refractivity contribution in [1.82, 2.24) is 0 Å². The normalized spacial score (nSPS) is 55.7. The average molecular weight is 222 g/mol. The molecule has 16 heavy (non-hydrogen) atoms. The van der Waals surface area contributed by atoms with Gasteiger partial charge in [-0.15, -0.1) is 0 Å². The van der Waals surface area contributed by atoms with Crippen molar-refractivity contribution in [3.8, 4) is 0 Å². The summed E-state index contributed by atoms with van der Waals surface area (Å²) in [7, 11) is 0. The number of rotatable bonds is 1. The van der Waals surface area contributed by atoms with Gasteiger partial charge in [0.15, 0.2) is 0 Å². The molecule has 3 aliphatic rings. The first-order valence-electron chi connectivity index (χ1n) is 7.17. The molecule has 1 saturated heterocycles. The Kier molecular flexibility index (Phi) is 2.25. The minimum Gasteiger partial charge on any atom is -0.368 e. The highest BCUT2D eigenvalue weighted by Gasteiger charge is 2.62. The van der Waals surface area contributed by atoms with E-state index in [-0.39, 0.29) is 11.2 Å². The summed E-state index contributed by atoms with van der Waals surface area (Å²) >= 11 is 0. The Hall–Kier alpha value is -0.0400. The standard InChI is InChI=1S/C15H26O/c1-10(2)15-8-5-11(3)12-6-7-14(4,16-15)9-13(12)15/h10-13H,5-9H2,1-4H3/t11-,12+,13+,14+,15+/m0/s1. The summed E-state index contributed by atoms with van der Waals surface area (Å²) in [6, 6.07) is 0. The van der Waals surface area contributed by atoms with Crippen LogP contribution in [0.15, 0.2) is 0 Å². The second-order valence-corrected chi connectivity index (χ2v) is 7.19. The van der Waals surface area contributed by atoms with Crippen LogP contribution in [0.3, 0.4) is 0 Å². The van der Waals surface area contributed by atoms with Crippen molar-refractivity contribution < 1.29 is 4.74 Å². The molecule has 0 N–H and O–H groups in total. The third kappa shape index (κ3) is 1.27. The maximum Gasteiger partial charge on any atom is 0.0744 e. The van der Waals surface area contributed by atoms with E-state index in [2.05, 4.69) is 27.7 Å². The highest BCUT2D eigenvalue weighted by Crippen LogP contribution is 2.62. The Balaban J connectivity index is 2.00. The second kappa shape index (κ2) is 3.25. The Morgan fingerprint density at radius 3 is 2.62 bits per heavy atom. The minimum absolute atomic E-state index is 0.218. The number of hydrogen-bond acceptors (Lipinski definition) is 1. The van der Waals surface area contributed by atoms with Gasteiger partial charge in [-0.3, -0.25) is 0 Å². The average Bonchev–Trinajstić information content (AvgIpc) is 2.48. The molecule has 1 nitrogen and oxygen atoms in total. The lowest BCUT2D eigenvalue weighted by atomic mass is 9.57. The molecule has 0 spiro atoms. The number of fused-ring (bicyclic) bond motifs is 1. The van der Waals surface area contributed by atoms with Crippen molar-refractivity contribution in [2.24, 2.45) is 23.7 Å². The van der Waals surface area contributed by atoms with Gasteiger partial charge in [0.1, 0.15) is 0 Å². The zero-order chi connectivity index (χ0) is 11.6. The van der Waals surface area contributed by atoms with Crippen LogP contribution in [-0.4, -0.2) is 11.2 Å². The minimum atomic E-state index is 0.218. The molecule has 0 aromatic carbocycles. The first kappa shape index (κ1) is 11.1. The molecule has 5 atom stereocenters. The van der Waals surface area contributed by atoms with Gasteiger partial charge in [0.2, 0.25) is 0 Å². The Morgan fingerprint density at radius 2 is 1.94 bits per heavy atom. The quantitative estimate of drug-likeness (QED) is 0.651. The van der Waals surface area contributed by atoms with Gasteiger partial charge >= 0.3 is 0 Å². The van der Waals surface area contributed by atoms with Crippen LogP contribution in [0.2, 0.25) is 0 Å². The van der Waals surface area contributed by atoms with Crippen LogP contribution in [0.25, 0.3) is 0 Å². The van der Waals surface area contributed by atoms with E-state index in [0.29, 0.717) is 5.92 Å². The summed E-state index contributed by atoms with van der Waals surface area (Å²) in [5.74, 6) is 3.43. The van der Waals surface area contributed by atoms with E-state index < -0.39 is 0 Å². The molecule has 0 amide bonds. The Bertz CT molecular complexity index is 298. The molecule has 2 bridgehead atoms. The molecule has 1 aliphatic heterocycles. The summed E-state index contributed by atoms with van der Waals surface area (Å²) in [4.78, 5) is 0. The van der Waals surface area contributed by atoms with E-state index in [1.807, 2.05) is 0 Å². The van der Waals surface area contributed by atoms with Gasteiger partial charge in [-0.25, -0.2) is 0 Å². The van der Waals surface area contributed by atoms with Crippen LogP contribution in [0.1, 0.15) is 59.8 Å². The van der Waals surface area contributed by atoms with Crippen molar-refractivity contribution in [2.45, 2.75) is 71.0 Å².